The highest BCUT2D eigenvalue weighted by atomic mass is 35.5. The minimum absolute atomic E-state index is 0.0297. The van der Waals surface area contributed by atoms with Gasteiger partial charge in [0.15, 0.2) is 12.1 Å². The van der Waals surface area contributed by atoms with Crippen LogP contribution >= 0.6 is 22.9 Å². The van der Waals surface area contributed by atoms with Crippen LogP contribution in [0.25, 0.3) is 5.00 Å². The number of aliphatic imine (C=N–C) groups is 1. The van der Waals surface area contributed by atoms with E-state index in [1.54, 1.807) is 11.3 Å². The molecular weight excluding hydrogens is 486 g/mol. The topological polar surface area (TPSA) is 90.6 Å². The largest absolute Gasteiger partial charge is 0.350 e. The summed E-state index contributed by atoms with van der Waals surface area (Å²) in [6.45, 7) is 8.67. The summed E-state index contributed by atoms with van der Waals surface area (Å²) < 4.78 is 7.60. The molecule has 0 spiro atoms. The molecule has 0 aliphatic carbocycles. The highest BCUT2D eigenvalue weighted by Gasteiger charge is 2.40. The molecule has 5 rings (SSSR count). The third-order valence-electron chi connectivity index (χ3n) is 6.54. The van der Waals surface area contributed by atoms with Crippen LogP contribution in [0, 0.1) is 20.8 Å². The Labute approximate surface area is 213 Å². The van der Waals surface area contributed by atoms with Crippen molar-refractivity contribution in [2.45, 2.75) is 65.2 Å². The fourth-order valence-electron chi connectivity index (χ4n) is 4.57. The molecule has 1 unspecified atom stereocenters. The van der Waals surface area contributed by atoms with Crippen molar-refractivity contribution in [3.8, 4) is 5.00 Å². The molecule has 2 aliphatic rings. The number of aryl methyl sites for hydroxylation is 2. The number of nitrogens with one attached hydrogen (secondary N) is 1. The number of amides is 1. The molecule has 0 bridgehead atoms. The molecule has 3 aromatic rings. The average Bonchev–Trinajstić information content (AvgIpc) is 3.34. The molecule has 4 heterocycles. The van der Waals surface area contributed by atoms with Crippen LogP contribution < -0.4 is 5.48 Å². The summed E-state index contributed by atoms with van der Waals surface area (Å²) in [4.78, 5) is 25.0. The molecule has 0 saturated carbocycles. The first-order chi connectivity index (χ1) is 16.8. The van der Waals surface area contributed by atoms with Gasteiger partial charge >= 0.3 is 0 Å². The van der Waals surface area contributed by atoms with Gasteiger partial charge in [-0.3, -0.25) is 14.4 Å². The van der Waals surface area contributed by atoms with Gasteiger partial charge in [0, 0.05) is 34.1 Å². The average molecular weight is 514 g/mol. The van der Waals surface area contributed by atoms with Gasteiger partial charge in [0.2, 0.25) is 5.91 Å². The van der Waals surface area contributed by atoms with Crippen molar-refractivity contribution in [1.82, 2.24) is 20.2 Å². The number of fused-ring (bicyclic) bond motifs is 3. The first-order valence-corrected chi connectivity index (χ1v) is 12.9. The number of carbonyl (C=O) groups is 1. The van der Waals surface area contributed by atoms with Gasteiger partial charge in [-0.1, -0.05) is 23.7 Å². The summed E-state index contributed by atoms with van der Waals surface area (Å²) in [5, 5.41) is 10.5. The molecule has 10 heteroatoms. The van der Waals surface area contributed by atoms with Gasteiger partial charge in [0.1, 0.15) is 16.4 Å². The van der Waals surface area contributed by atoms with Crippen molar-refractivity contribution in [2.75, 3.05) is 6.61 Å². The molecule has 1 amide bonds. The third kappa shape index (κ3) is 4.53. The fourth-order valence-corrected chi connectivity index (χ4v) is 5.90. The van der Waals surface area contributed by atoms with Crippen molar-refractivity contribution in [3.63, 3.8) is 0 Å². The number of hydrogen-bond acceptors (Lipinski definition) is 7. The Morgan fingerprint density at radius 3 is 2.74 bits per heavy atom. The predicted molar refractivity (Wildman–Crippen MR) is 135 cm³/mol. The van der Waals surface area contributed by atoms with Gasteiger partial charge in [-0.2, -0.15) is 0 Å². The lowest BCUT2D eigenvalue weighted by molar-refractivity contribution is -0.201. The van der Waals surface area contributed by atoms with Crippen molar-refractivity contribution in [2.24, 2.45) is 4.99 Å². The maximum Gasteiger partial charge on any atom is 0.246 e. The zero-order chi connectivity index (χ0) is 24.7. The van der Waals surface area contributed by atoms with Gasteiger partial charge in [-0.25, -0.2) is 10.3 Å². The molecule has 0 radical (unpaired) electrons. The number of hydroxylamine groups is 1. The second-order valence-electron chi connectivity index (χ2n) is 9.23. The van der Waals surface area contributed by atoms with Gasteiger partial charge < -0.3 is 4.74 Å². The molecule has 2 aliphatic heterocycles. The molecule has 35 heavy (non-hydrogen) atoms. The number of benzene rings is 1. The SMILES string of the molecule is Cc1sc2c(c1C)C(c1ccc(Cl)cc1)=N[C@](C)(CC(=O)NOC1CCCCO1)c1nnc(C)n1-2. The van der Waals surface area contributed by atoms with Crippen molar-refractivity contribution in [1.29, 1.82) is 0 Å². The monoisotopic (exact) mass is 513 g/mol. The molecule has 2 aromatic heterocycles. The maximum atomic E-state index is 13.1. The van der Waals surface area contributed by atoms with Gasteiger partial charge in [-0.05, 0) is 58.2 Å². The number of carbonyl (C=O) groups excluding carboxylic acids is 1. The lowest BCUT2D eigenvalue weighted by atomic mass is 9.95. The summed E-state index contributed by atoms with van der Waals surface area (Å²) >= 11 is 7.86. The summed E-state index contributed by atoms with van der Waals surface area (Å²) in [6, 6.07) is 7.62. The minimum Gasteiger partial charge on any atom is -0.350 e. The Bertz CT molecular complexity index is 1290. The fraction of sp³-hybridized carbons (Fsp3) is 0.440. The lowest BCUT2D eigenvalue weighted by Crippen LogP contribution is -2.37. The molecule has 184 valence electrons. The zero-order valence-corrected chi connectivity index (χ0v) is 21.8. The minimum atomic E-state index is -0.990. The second kappa shape index (κ2) is 9.46. The number of rotatable bonds is 5. The Hall–Kier alpha value is -2.59. The van der Waals surface area contributed by atoms with Crippen LogP contribution in [0.15, 0.2) is 29.3 Å². The summed E-state index contributed by atoms with van der Waals surface area (Å²) in [5.74, 6) is 1.06. The van der Waals surface area contributed by atoms with Gasteiger partial charge in [-0.15, -0.1) is 21.5 Å². The number of thiophene rings is 1. The van der Waals surface area contributed by atoms with E-state index in [4.69, 9.17) is 26.2 Å². The Balaban J connectivity index is 1.58. The number of ether oxygens (including phenoxy) is 1. The highest BCUT2D eigenvalue weighted by Crippen LogP contribution is 2.42. The molecule has 1 N–H and O–H groups in total. The molecular formula is C25H28ClN5O3S. The van der Waals surface area contributed by atoms with E-state index in [-0.39, 0.29) is 12.3 Å². The van der Waals surface area contributed by atoms with E-state index in [0.29, 0.717) is 17.5 Å². The van der Waals surface area contributed by atoms with Crippen LogP contribution in [0.1, 0.15) is 65.8 Å². The molecule has 8 nitrogen and oxygen atoms in total. The Morgan fingerprint density at radius 1 is 1.26 bits per heavy atom. The van der Waals surface area contributed by atoms with Crippen LogP contribution in [-0.2, 0) is 19.9 Å². The highest BCUT2D eigenvalue weighted by molar-refractivity contribution is 7.15. The number of aromatic nitrogens is 3. The standard InChI is InChI=1S/C25H28ClN5O3S/c1-14-15(2)35-23-21(14)22(17-8-10-18(26)11-9-17)27-25(4,24-29-28-16(3)31(23)24)13-19(32)30-34-20-7-5-6-12-33-20/h8-11,20H,5-7,12-13H2,1-4H3,(H,30,32)/t20?,25-/m1/s1. The van der Waals surface area contributed by atoms with E-state index in [1.807, 2.05) is 42.7 Å². The quantitative estimate of drug-likeness (QED) is 0.488. The van der Waals surface area contributed by atoms with Crippen LogP contribution in [0.2, 0.25) is 5.02 Å². The number of hydrogen-bond donors (Lipinski definition) is 1. The maximum absolute atomic E-state index is 13.1. The first kappa shape index (κ1) is 24.1. The zero-order valence-electron chi connectivity index (χ0n) is 20.2. The van der Waals surface area contributed by atoms with E-state index in [2.05, 4.69) is 29.5 Å². The van der Waals surface area contributed by atoms with Gasteiger partial charge in [0.25, 0.3) is 0 Å². The van der Waals surface area contributed by atoms with Crippen molar-refractivity contribution in [3.05, 3.63) is 62.5 Å². The van der Waals surface area contributed by atoms with Crippen LogP contribution in [0.5, 0.6) is 0 Å². The Morgan fingerprint density at radius 2 is 2.03 bits per heavy atom. The van der Waals surface area contributed by atoms with Gasteiger partial charge in [0.05, 0.1) is 12.1 Å². The third-order valence-corrected chi connectivity index (χ3v) is 7.98. The van der Waals surface area contributed by atoms with Crippen molar-refractivity contribution < 1.29 is 14.4 Å². The normalized spacial score (nSPS) is 21.6. The van der Waals surface area contributed by atoms with E-state index in [9.17, 15) is 4.79 Å². The summed E-state index contributed by atoms with van der Waals surface area (Å²) in [5.41, 5.74) is 5.47. The molecule has 2 atom stereocenters. The first-order valence-electron chi connectivity index (χ1n) is 11.7. The summed E-state index contributed by atoms with van der Waals surface area (Å²) in [7, 11) is 0. The van der Waals surface area contributed by atoms with E-state index < -0.39 is 11.8 Å². The number of nitrogens with zero attached hydrogens (tertiary/aromatic N) is 4. The van der Waals surface area contributed by atoms with Crippen LogP contribution in [0.4, 0.5) is 0 Å². The Kier molecular flexibility index (Phi) is 6.52. The number of halogens is 1. The van der Waals surface area contributed by atoms with Crippen LogP contribution in [0.3, 0.4) is 0 Å². The van der Waals surface area contributed by atoms with E-state index in [1.165, 1.54) is 4.88 Å². The van der Waals surface area contributed by atoms with Crippen LogP contribution in [-0.4, -0.2) is 39.3 Å². The predicted octanol–water partition coefficient (Wildman–Crippen LogP) is 4.94. The molecule has 1 fully saturated rings. The van der Waals surface area contributed by atoms with Crippen molar-refractivity contribution >= 4 is 34.6 Å². The second-order valence-corrected chi connectivity index (χ2v) is 10.9. The molecule has 1 aromatic carbocycles. The lowest BCUT2D eigenvalue weighted by Gasteiger charge is -2.25. The van der Waals surface area contributed by atoms with E-state index >= 15 is 0 Å². The summed E-state index contributed by atoms with van der Waals surface area (Å²) in [6.07, 6.45) is 2.37. The smallest absolute Gasteiger partial charge is 0.246 e. The van der Waals surface area contributed by atoms with E-state index in [0.717, 1.165) is 52.5 Å². The molecule has 1 saturated heterocycles.